The zero-order valence-corrected chi connectivity index (χ0v) is 13.4. The van der Waals surface area contributed by atoms with Crippen LogP contribution < -0.4 is 5.73 Å². The van der Waals surface area contributed by atoms with Gasteiger partial charge in [-0.2, -0.15) is 0 Å². The predicted octanol–water partition coefficient (Wildman–Crippen LogP) is 3.91. The van der Waals surface area contributed by atoms with Crippen LogP contribution in [-0.4, -0.2) is 16.1 Å². The molecule has 19 heavy (non-hydrogen) atoms. The first kappa shape index (κ1) is 14.5. The lowest BCUT2D eigenvalue weighted by Gasteiger charge is -2.14. The number of aromatic nitrogens is 2. The van der Waals surface area contributed by atoms with Gasteiger partial charge in [0.1, 0.15) is 5.82 Å². The average molecular weight is 324 g/mol. The molecule has 0 radical (unpaired) electrons. The highest BCUT2D eigenvalue weighted by Crippen LogP contribution is 2.25. The van der Waals surface area contributed by atoms with Gasteiger partial charge in [-0.3, -0.25) is 0 Å². The Labute approximate surface area is 123 Å². The third-order valence-corrected chi connectivity index (χ3v) is 4.00. The van der Waals surface area contributed by atoms with Gasteiger partial charge in [0.2, 0.25) is 0 Å². The monoisotopic (exact) mass is 323 g/mol. The molecule has 1 heterocycles. The lowest BCUT2D eigenvalue weighted by molar-refractivity contribution is 0.510. The Balaban J connectivity index is 2.38. The number of nitrogens with two attached hydrogens (primary N) is 1. The number of nitrogens with zero attached hydrogens (tertiary/aromatic N) is 2. The van der Waals surface area contributed by atoms with Gasteiger partial charge in [0, 0.05) is 16.9 Å². The summed E-state index contributed by atoms with van der Waals surface area (Å²) in [5.74, 6) is 1.72. The van der Waals surface area contributed by atoms with E-state index in [1.54, 1.807) is 0 Å². The second-order valence-corrected chi connectivity index (χ2v) is 6.42. The van der Waals surface area contributed by atoms with E-state index >= 15 is 0 Å². The van der Waals surface area contributed by atoms with E-state index in [0.717, 1.165) is 29.4 Å². The molecule has 0 saturated carbocycles. The molecule has 0 fully saturated rings. The van der Waals surface area contributed by atoms with Gasteiger partial charge < -0.3 is 10.3 Å². The molecule has 0 bridgehead atoms. The summed E-state index contributed by atoms with van der Waals surface area (Å²) in [5, 5.41) is 0. The predicted molar refractivity (Wildman–Crippen MR) is 84.4 cm³/mol. The Bertz CT molecular complexity index is 560. The van der Waals surface area contributed by atoms with Crippen molar-refractivity contribution in [3.63, 3.8) is 0 Å². The molecule has 0 saturated heterocycles. The molecular weight excluding hydrogens is 302 g/mol. The molecule has 1 atom stereocenters. The minimum Gasteiger partial charge on any atom is -0.330 e. The first-order valence-corrected chi connectivity index (χ1v) is 7.68. The third kappa shape index (κ3) is 3.18. The average Bonchev–Trinajstić information content (AvgIpc) is 2.73. The number of rotatable bonds is 5. The molecule has 0 aliphatic rings. The fourth-order valence-corrected chi connectivity index (χ4v) is 2.72. The van der Waals surface area contributed by atoms with Crippen molar-refractivity contribution in [1.82, 2.24) is 9.55 Å². The summed E-state index contributed by atoms with van der Waals surface area (Å²) in [4.78, 5) is 4.79. The Hall–Kier alpha value is -0.870. The molecule has 0 amide bonds. The summed E-state index contributed by atoms with van der Waals surface area (Å²) < 4.78 is 3.42. The molecule has 1 aromatic heterocycles. The Morgan fingerprint density at radius 2 is 2.05 bits per heavy atom. The van der Waals surface area contributed by atoms with Crippen molar-refractivity contribution >= 4 is 27.0 Å². The van der Waals surface area contributed by atoms with Crippen LogP contribution in [0.5, 0.6) is 0 Å². The van der Waals surface area contributed by atoms with E-state index in [2.05, 4.69) is 59.5 Å². The van der Waals surface area contributed by atoms with Gasteiger partial charge in [0.05, 0.1) is 11.0 Å². The number of halogens is 1. The number of hydrogen-bond acceptors (Lipinski definition) is 2. The molecule has 2 N–H and O–H groups in total. The minimum absolute atomic E-state index is 0.425. The molecule has 4 heteroatoms. The minimum atomic E-state index is 0.425. The summed E-state index contributed by atoms with van der Waals surface area (Å²) in [5.41, 5.74) is 7.98. The van der Waals surface area contributed by atoms with Gasteiger partial charge in [-0.05, 0) is 50.9 Å². The lowest BCUT2D eigenvalue weighted by atomic mass is 10.1. The maximum atomic E-state index is 5.70. The maximum Gasteiger partial charge on any atom is 0.110 e. The maximum absolute atomic E-state index is 5.70. The molecule has 104 valence electrons. The van der Waals surface area contributed by atoms with Crippen molar-refractivity contribution in [3.8, 4) is 0 Å². The molecule has 2 rings (SSSR count). The van der Waals surface area contributed by atoms with Crippen molar-refractivity contribution in [2.24, 2.45) is 11.7 Å². The van der Waals surface area contributed by atoms with Gasteiger partial charge in [-0.1, -0.05) is 22.9 Å². The first-order chi connectivity index (χ1) is 9.02. The molecule has 3 nitrogen and oxygen atoms in total. The van der Waals surface area contributed by atoms with E-state index in [1.807, 2.05) is 0 Å². The second kappa shape index (κ2) is 6.06. The van der Waals surface area contributed by atoms with E-state index in [1.165, 1.54) is 11.3 Å². The number of benzene rings is 1. The molecule has 0 spiro atoms. The Kier molecular flexibility index (Phi) is 4.63. The summed E-state index contributed by atoms with van der Waals surface area (Å²) in [6.07, 6.45) is 2.08. The number of imidazole rings is 1. The highest BCUT2D eigenvalue weighted by molar-refractivity contribution is 9.10. The normalized spacial score (nSPS) is 13.4. The topological polar surface area (TPSA) is 43.8 Å². The molecule has 1 unspecified atom stereocenters. The van der Waals surface area contributed by atoms with Crippen LogP contribution >= 0.6 is 15.9 Å². The van der Waals surface area contributed by atoms with Gasteiger partial charge in [-0.15, -0.1) is 0 Å². The van der Waals surface area contributed by atoms with Crippen LogP contribution in [0.25, 0.3) is 11.0 Å². The van der Waals surface area contributed by atoms with E-state index in [0.29, 0.717) is 12.0 Å². The van der Waals surface area contributed by atoms with Gasteiger partial charge in [0.25, 0.3) is 0 Å². The summed E-state index contributed by atoms with van der Waals surface area (Å²) >= 11 is 3.51. The molecule has 0 aliphatic carbocycles. The molecule has 0 aliphatic heterocycles. The fraction of sp³-hybridized carbons (Fsp3) is 0.533. The third-order valence-electron chi connectivity index (χ3n) is 3.50. The summed E-state index contributed by atoms with van der Waals surface area (Å²) in [7, 11) is 0. The van der Waals surface area contributed by atoms with Crippen molar-refractivity contribution in [2.45, 2.75) is 39.7 Å². The smallest absolute Gasteiger partial charge is 0.110 e. The highest BCUT2D eigenvalue weighted by Gasteiger charge is 2.14. The quantitative estimate of drug-likeness (QED) is 0.906. The number of hydrogen-bond donors (Lipinski definition) is 1. The Morgan fingerprint density at radius 1 is 1.32 bits per heavy atom. The van der Waals surface area contributed by atoms with E-state index in [9.17, 15) is 0 Å². The number of aryl methyl sites for hydroxylation is 1. The first-order valence-electron chi connectivity index (χ1n) is 6.89. The van der Waals surface area contributed by atoms with Crippen molar-refractivity contribution in [3.05, 3.63) is 28.5 Å². The SMILES string of the molecule is CC(CN)CCc1nc2cc(Br)ccc2n1C(C)C. The zero-order valence-electron chi connectivity index (χ0n) is 11.9. The molecule has 2 aromatic rings. The van der Waals surface area contributed by atoms with Crippen LogP contribution in [-0.2, 0) is 6.42 Å². The standard InChI is InChI=1S/C15H22BrN3/c1-10(2)19-14-6-5-12(16)8-13(14)18-15(19)7-4-11(3)9-17/h5-6,8,10-11H,4,7,9,17H2,1-3H3. The van der Waals surface area contributed by atoms with E-state index < -0.39 is 0 Å². The van der Waals surface area contributed by atoms with Crippen LogP contribution in [0.4, 0.5) is 0 Å². The molecule has 1 aromatic carbocycles. The van der Waals surface area contributed by atoms with Gasteiger partial charge >= 0.3 is 0 Å². The fourth-order valence-electron chi connectivity index (χ4n) is 2.37. The van der Waals surface area contributed by atoms with Crippen LogP contribution in [0.15, 0.2) is 22.7 Å². The Morgan fingerprint density at radius 3 is 2.68 bits per heavy atom. The van der Waals surface area contributed by atoms with Crippen molar-refractivity contribution < 1.29 is 0 Å². The van der Waals surface area contributed by atoms with Crippen LogP contribution in [0.1, 0.15) is 39.1 Å². The summed E-state index contributed by atoms with van der Waals surface area (Å²) in [6.45, 7) is 7.35. The second-order valence-electron chi connectivity index (χ2n) is 5.50. The highest BCUT2D eigenvalue weighted by atomic mass is 79.9. The van der Waals surface area contributed by atoms with Crippen LogP contribution in [0, 0.1) is 5.92 Å². The largest absolute Gasteiger partial charge is 0.330 e. The number of fused-ring (bicyclic) bond motifs is 1. The summed E-state index contributed by atoms with van der Waals surface area (Å²) in [6, 6.07) is 6.73. The van der Waals surface area contributed by atoms with E-state index in [-0.39, 0.29) is 0 Å². The van der Waals surface area contributed by atoms with E-state index in [4.69, 9.17) is 10.7 Å². The zero-order chi connectivity index (χ0) is 14.0. The van der Waals surface area contributed by atoms with Crippen molar-refractivity contribution in [1.29, 1.82) is 0 Å². The van der Waals surface area contributed by atoms with Crippen LogP contribution in [0.3, 0.4) is 0 Å². The lowest BCUT2D eigenvalue weighted by Crippen LogP contribution is -2.13. The van der Waals surface area contributed by atoms with Gasteiger partial charge in [-0.25, -0.2) is 4.98 Å². The van der Waals surface area contributed by atoms with Gasteiger partial charge in [0.15, 0.2) is 0 Å². The van der Waals surface area contributed by atoms with Crippen molar-refractivity contribution in [2.75, 3.05) is 6.54 Å². The van der Waals surface area contributed by atoms with Crippen LogP contribution in [0.2, 0.25) is 0 Å². The molecular formula is C15H22BrN3.